The molecule has 234 valence electrons. The first-order chi connectivity index (χ1) is 21.0. The largest absolute Gasteiger partial charge is 0.368 e. The fourth-order valence-corrected chi connectivity index (χ4v) is 7.24. The first-order valence-electron chi connectivity index (χ1n) is 15.9. The van der Waals surface area contributed by atoms with Crippen LogP contribution in [0.4, 0.5) is 17.3 Å². The SMILES string of the molecule is CN1CCN(c2ccc(C3CCC4CN(c5nc(C(C)(C)C)ccc5C(=O)NSc5cccc(n5)N3)C(C)(C)C4)nc2)CC1. The van der Waals surface area contributed by atoms with E-state index >= 15 is 0 Å². The molecular formula is C34H46N8OS. The Morgan fingerprint density at radius 1 is 0.977 bits per heavy atom. The number of hydrogen-bond acceptors (Lipinski definition) is 9. The second kappa shape index (κ2) is 12.2. The maximum absolute atomic E-state index is 13.6. The van der Waals surface area contributed by atoms with Crippen LogP contribution in [0.1, 0.15) is 81.7 Å². The number of likely N-dealkylation sites (N-methyl/N-ethyl adjacent to an activating group) is 1. The van der Waals surface area contributed by atoms with Crippen molar-refractivity contribution in [3.05, 3.63) is 65.6 Å². The zero-order valence-corrected chi connectivity index (χ0v) is 27.7. The molecule has 3 aromatic rings. The summed E-state index contributed by atoms with van der Waals surface area (Å²) in [5, 5.41) is 4.42. The predicted octanol–water partition coefficient (Wildman–Crippen LogP) is 5.91. The topological polar surface area (TPSA) is 89.5 Å². The van der Waals surface area contributed by atoms with Crippen molar-refractivity contribution in [1.82, 2.24) is 24.6 Å². The van der Waals surface area contributed by atoms with Crippen molar-refractivity contribution in [2.75, 3.05) is 54.9 Å². The number of anilines is 3. The number of amides is 1. The molecule has 10 heteroatoms. The molecule has 3 aromatic heterocycles. The van der Waals surface area contributed by atoms with Crippen LogP contribution in [0, 0.1) is 5.92 Å². The Morgan fingerprint density at radius 3 is 2.50 bits per heavy atom. The first-order valence-corrected chi connectivity index (χ1v) is 16.7. The Labute approximate surface area is 266 Å². The summed E-state index contributed by atoms with van der Waals surface area (Å²) in [7, 11) is 2.18. The van der Waals surface area contributed by atoms with Crippen LogP contribution in [0.15, 0.2) is 53.7 Å². The average molecular weight is 615 g/mol. The van der Waals surface area contributed by atoms with Crippen LogP contribution in [-0.4, -0.2) is 71.1 Å². The van der Waals surface area contributed by atoms with Gasteiger partial charge in [0.1, 0.15) is 16.7 Å². The molecule has 0 aromatic carbocycles. The highest BCUT2D eigenvalue weighted by Crippen LogP contribution is 2.41. The summed E-state index contributed by atoms with van der Waals surface area (Å²) in [5.41, 5.74) is 3.53. The molecule has 3 aliphatic heterocycles. The molecule has 44 heavy (non-hydrogen) atoms. The van der Waals surface area contributed by atoms with Crippen molar-refractivity contribution in [2.45, 2.75) is 75.9 Å². The van der Waals surface area contributed by atoms with E-state index in [0.29, 0.717) is 11.5 Å². The molecule has 2 saturated heterocycles. The van der Waals surface area contributed by atoms with Gasteiger partial charge in [0.05, 0.1) is 29.2 Å². The maximum Gasteiger partial charge on any atom is 0.265 e. The van der Waals surface area contributed by atoms with Gasteiger partial charge < -0.3 is 20.0 Å². The Kier molecular flexibility index (Phi) is 8.50. The molecular weight excluding hydrogens is 568 g/mol. The van der Waals surface area contributed by atoms with Crippen molar-refractivity contribution in [3.63, 3.8) is 0 Å². The van der Waals surface area contributed by atoms with Gasteiger partial charge in [-0.15, -0.1) is 0 Å². The van der Waals surface area contributed by atoms with Crippen LogP contribution in [0.2, 0.25) is 0 Å². The third-order valence-electron chi connectivity index (χ3n) is 9.26. The average Bonchev–Trinajstić information content (AvgIpc) is 3.31. The maximum atomic E-state index is 13.6. The molecule has 6 rings (SSSR count). The van der Waals surface area contributed by atoms with E-state index in [9.17, 15) is 4.79 Å². The number of aromatic nitrogens is 3. The number of carbonyl (C=O) groups is 1. The molecule has 4 bridgehead atoms. The van der Waals surface area contributed by atoms with Crippen LogP contribution in [-0.2, 0) is 5.41 Å². The molecule has 0 spiro atoms. The van der Waals surface area contributed by atoms with Gasteiger partial charge in [-0.05, 0) is 82.5 Å². The van der Waals surface area contributed by atoms with Crippen molar-refractivity contribution in [2.24, 2.45) is 5.92 Å². The number of carbonyl (C=O) groups excluding carboxylic acids is 1. The lowest BCUT2D eigenvalue weighted by Gasteiger charge is -2.34. The van der Waals surface area contributed by atoms with Gasteiger partial charge in [-0.25, -0.2) is 9.97 Å². The molecule has 2 fully saturated rings. The molecule has 2 unspecified atom stereocenters. The highest BCUT2D eigenvalue weighted by atomic mass is 32.2. The highest BCUT2D eigenvalue weighted by molar-refractivity contribution is 7.97. The van der Waals surface area contributed by atoms with E-state index < -0.39 is 0 Å². The van der Waals surface area contributed by atoms with Crippen molar-refractivity contribution >= 4 is 35.2 Å². The summed E-state index contributed by atoms with van der Waals surface area (Å²) < 4.78 is 3.04. The molecule has 0 radical (unpaired) electrons. The van der Waals surface area contributed by atoms with E-state index in [1.54, 1.807) is 0 Å². The number of rotatable bonds is 2. The van der Waals surface area contributed by atoms with Gasteiger partial charge in [0.2, 0.25) is 0 Å². The lowest BCUT2D eigenvalue weighted by molar-refractivity contribution is 0.0984. The second-order valence-corrected chi connectivity index (χ2v) is 15.0. The highest BCUT2D eigenvalue weighted by Gasteiger charge is 2.41. The van der Waals surface area contributed by atoms with Crippen LogP contribution in [0.5, 0.6) is 0 Å². The second-order valence-electron chi connectivity index (χ2n) is 14.2. The minimum atomic E-state index is -0.158. The van der Waals surface area contributed by atoms with E-state index in [4.69, 9.17) is 15.0 Å². The van der Waals surface area contributed by atoms with E-state index in [0.717, 1.165) is 80.0 Å². The number of pyridine rings is 3. The van der Waals surface area contributed by atoms with Crippen LogP contribution in [0.3, 0.4) is 0 Å². The summed E-state index contributed by atoms with van der Waals surface area (Å²) in [5.74, 6) is 1.85. The van der Waals surface area contributed by atoms with Gasteiger partial charge >= 0.3 is 0 Å². The molecule has 1 amide bonds. The van der Waals surface area contributed by atoms with Gasteiger partial charge in [0.25, 0.3) is 5.91 Å². The number of hydrogen-bond donors (Lipinski definition) is 2. The van der Waals surface area contributed by atoms with Gasteiger partial charge in [-0.3, -0.25) is 14.5 Å². The summed E-state index contributed by atoms with van der Waals surface area (Å²) in [4.78, 5) is 35.8. The van der Waals surface area contributed by atoms with Crippen LogP contribution < -0.4 is 19.8 Å². The van der Waals surface area contributed by atoms with Crippen LogP contribution in [0.25, 0.3) is 0 Å². The Bertz CT molecular complexity index is 1480. The third-order valence-corrected chi connectivity index (χ3v) is 9.98. The lowest BCUT2D eigenvalue weighted by atomic mass is 9.90. The summed E-state index contributed by atoms with van der Waals surface area (Å²) in [6.07, 6.45) is 5.01. The quantitative estimate of drug-likeness (QED) is 0.342. The lowest BCUT2D eigenvalue weighted by Crippen LogP contribution is -2.44. The Morgan fingerprint density at radius 2 is 1.77 bits per heavy atom. The minimum Gasteiger partial charge on any atom is -0.368 e. The molecule has 0 saturated carbocycles. The van der Waals surface area contributed by atoms with Gasteiger partial charge in [-0.1, -0.05) is 26.8 Å². The van der Waals surface area contributed by atoms with Crippen molar-refractivity contribution in [3.8, 4) is 0 Å². The molecule has 2 N–H and O–H groups in total. The first kappa shape index (κ1) is 30.6. The van der Waals surface area contributed by atoms with E-state index in [-0.39, 0.29) is 22.9 Å². The number of piperazine rings is 1. The Hall–Kier alpha value is -3.37. The molecule has 2 atom stereocenters. The summed E-state index contributed by atoms with van der Waals surface area (Å²) in [6.45, 7) is 16.1. The van der Waals surface area contributed by atoms with E-state index in [1.165, 1.54) is 17.6 Å². The van der Waals surface area contributed by atoms with E-state index in [1.807, 2.05) is 36.5 Å². The molecule has 0 aliphatic carbocycles. The Balaban J connectivity index is 1.32. The monoisotopic (exact) mass is 614 g/mol. The fourth-order valence-electron chi connectivity index (χ4n) is 6.64. The van der Waals surface area contributed by atoms with Gasteiger partial charge in [0.15, 0.2) is 0 Å². The summed E-state index contributed by atoms with van der Waals surface area (Å²) >= 11 is 1.24. The predicted molar refractivity (Wildman–Crippen MR) is 180 cm³/mol. The van der Waals surface area contributed by atoms with E-state index in [2.05, 4.69) is 78.5 Å². The third kappa shape index (κ3) is 6.66. The van der Waals surface area contributed by atoms with Gasteiger partial charge in [0, 0.05) is 61.3 Å². The van der Waals surface area contributed by atoms with Gasteiger partial charge in [-0.2, -0.15) is 0 Å². The number of nitrogens with one attached hydrogen (secondary N) is 2. The number of fused-ring (bicyclic) bond motifs is 6. The summed E-state index contributed by atoms with van der Waals surface area (Å²) in [6, 6.07) is 14.2. The van der Waals surface area contributed by atoms with Crippen LogP contribution >= 0.6 is 11.9 Å². The normalized spacial score (nSPS) is 22.8. The fraction of sp³-hybridized carbons (Fsp3) is 0.529. The van der Waals surface area contributed by atoms with Crippen molar-refractivity contribution in [1.29, 1.82) is 0 Å². The van der Waals surface area contributed by atoms with Crippen molar-refractivity contribution < 1.29 is 4.79 Å². The standard InChI is InChI=1S/C34H46N8OS/c1-33(2,3)28-15-12-25-31(37-28)42-22-23(20-34(42,4)5)10-13-27(36-29-8-7-9-30(38-29)44-39-32(25)43)26-14-11-24(21-35-26)41-18-16-40(6)17-19-41/h7-9,11-12,14-15,21,23,27H,10,13,16-20,22H2,1-6H3,(H,36,38)(H,39,43). The minimum absolute atomic E-state index is 0.0130. The zero-order chi connectivity index (χ0) is 31.1. The number of nitrogens with zero attached hydrogens (tertiary/aromatic N) is 6. The molecule has 6 heterocycles. The molecule has 9 nitrogen and oxygen atoms in total. The zero-order valence-electron chi connectivity index (χ0n) is 26.9. The smallest absolute Gasteiger partial charge is 0.265 e. The molecule has 3 aliphatic rings.